The minimum absolute atomic E-state index is 0.0658. The number of aryl methyl sites for hydroxylation is 1. The van der Waals surface area contributed by atoms with E-state index in [-0.39, 0.29) is 38.5 Å². The summed E-state index contributed by atoms with van der Waals surface area (Å²) in [4.78, 5) is 82.0. The first kappa shape index (κ1) is 60.3. The number of hydrogen-bond acceptors (Lipinski definition) is 19. The molecule has 4 heterocycles. The van der Waals surface area contributed by atoms with Gasteiger partial charge in [-0.25, -0.2) is 4.79 Å². The van der Waals surface area contributed by atoms with Gasteiger partial charge in [-0.1, -0.05) is 57.2 Å². The zero-order valence-electron chi connectivity index (χ0n) is 45.0. The molecular formula is C54H82N2O18. The average Bonchev–Trinajstić information content (AvgIpc) is 3.62. The Morgan fingerprint density at radius 2 is 1.57 bits per heavy atom. The van der Waals surface area contributed by atoms with E-state index < -0.39 is 146 Å². The third-order valence-corrected chi connectivity index (χ3v) is 14.4. The lowest BCUT2D eigenvalue weighted by Crippen LogP contribution is -2.66. The number of esters is 4. The summed E-state index contributed by atoms with van der Waals surface area (Å²) < 4.78 is 61.4. The van der Waals surface area contributed by atoms with Crippen molar-refractivity contribution in [3.8, 4) is 0 Å². The Kier molecular flexibility index (Phi) is 22.8. The number of rotatable bonds is 18. The Labute approximate surface area is 435 Å². The van der Waals surface area contributed by atoms with Gasteiger partial charge < -0.3 is 67.3 Å². The standard InChI is InChI=1S/C54H82N2O18/c1-12-42(59)70-41-29-44(61)66-32(4)28-40-38(56(53(63)71-40)25-18-17-21-36-19-15-14-16-20-36)22-23-39(69-35(7)58)31(3)27-37(24-26-57)49(50(41)65-11)74-52-47(62)46(55(9)10)48(33(5)68-52)73-45-30-54(8,64)51(34(6)67-45)72-43(60)13-2/h14-16,19-20,22-23,26,31-34,37-41,45-52,62,64H,12-13,17-18,21,24-25,27-30H2,1-11H3/b23-22+/t31-,32-,33-,34+,37+,38-,39+,40+,41-,45+,46-,47-,48-,49+,50+,51+,52+,54-/m1/s1. The van der Waals surface area contributed by atoms with E-state index >= 15 is 0 Å². The van der Waals surface area contributed by atoms with Crippen LogP contribution < -0.4 is 0 Å². The van der Waals surface area contributed by atoms with Crippen LogP contribution in [0.1, 0.15) is 119 Å². The van der Waals surface area contributed by atoms with Crippen LogP contribution in [0.15, 0.2) is 42.5 Å². The molecule has 0 saturated carbocycles. The maximum Gasteiger partial charge on any atom is 0.410 e. The van der Waals surface area contributed by atoms with Crippen molar-refractivity contribution in [3.05, 3.63) is 48.0 Å². The normalized spacial score (nSPS) is 36.7. The van der Waals surface area contributed by atoms with Crippen molar-refractivity contribution in [3.63, 3.8) is 0 Å². The second kappa shape index (κ2) is 28.0. The van der Waals surface area contributed by atoms with E-state index in [0.717, 1.165) is 12.8 Å². The number of benzene rings is 1. The number of aldehydes is 1. The maximum atomic E-state index is 14.0. The largest absolute Gasteiger partial charge is 0.462 e. The van der Waals surface area contributed by atoms with Gasteiger partial charge in [0.2, 0.25) is 0 Å². The summed E-state index contributed by atoms with van der Waals surface area (Å²) in [7, 11) is 4.81. The molecule has 4 aliphatic heterocycles. The lowest BCUT2D eigenvalue weighted by atomic mass is 9.82. The van der Waals surface area contributed by atoms with Crippen LogP contribution in [-0.4, -0.2) is 181 Å². The van der Waals surface area contributed by atoms with Gasteiger partial charge >= 0.3 is 30.0 Å². The molecule has 20 nitrogen and oxygen atoms in total. The first-order valence-corrected chi connectivity index (χ1v) is 26.2. The fourth-order valence-corrected chi connectivity index (χ4v) is 10.7. The van der Waals surface area contributed by atoms with Crippen molar-refractivity contribution in [1.29, 1.82) is 0 Å². The van der Waals surface area contributed by atoms with Crippen molar-refractivity contribution < 1.29 is 86.3 Å². The molecule has 3 fully saturated rings. The van der Waals surface area contributed by atoms with Crippen LogP contribution in [-0.2, 0) is 77.8 Å². The van der Waals surface area contributed by atoms with E-state index in [2.05, 4.69) is 12.1 Å². The van der Waals surface area contributed by atoms with Crippen molar-refractivity contribution in [2.75, 3.05) is 27.7 Å². The highest BCUT2D eigenvalue weighted by Gasteiger charge is 2.53. The quantitative estimate of drug-likeness (QED) is 0.0647. The summed E-state index contributed by atoms with van der Waals surface area (Å²) in [6, 6.07) is 8.55. The topological polar surface area (TPSA) is 242 Å². The van der Waals surface area contributed by atoms with Gasteiger partial charge in [-0.3, -0.25) is 24.1 Å². The number of cyclic esters (lactones) is 1. The Morgan fingerprint density at radius 1 is 0.878 bits per heavy atom. The molecule has 0 aromatic heterocycles. The molecule has 74 heavy (non-hydrogen) atoms. The van der Waals surface area contributed by atoms with Crippen molar-refractivity contribution >= 4 is 36.3 Å². The number of aliphatic hydroxyl groups excluding tert-OH is 1. The van der Waals surface area contributed by atoms with Gasteiger partial charge in [0.05, 0.1) is 36.8 Å². The highest BCUT2D eigenvalue weighted by Crippen LogP contribution is 2.38. The van der Waals surface area contributed by atoms with E-state index in [1.807, 2.05) is 25.1 Å². The number of fused-ring (bicyclic) bond motifs is 1. The van der Waals surface area contributed by atoms with E-state index in [4.69, 9.17) is 47.4 Å². The first-order chi connectivity index (χ1) is 35.1. The number of methoxy groups -OCH3 is 1. The molecule has 2 N–H and O–H groups in total. The van der Waals surface area contributed by atoms with Gasteiger partial charge in [0.1, 0.15) is 54.6 Å². The van der Waals surface area contributed by atoms with Crippen LogP contribution in [0, 0.1) is 11.8 Å². The van der Waals surface area contributed by atoms with Crippen LogP contribution >= 0.6 is 0 Å². The number of unbranched alkanes of at least 4 members (excludes halogenated alkanes) is 1. The van der Waals surface area contributed by atoms with Crippen molar-refractivity contribution in [1.82, 2.24) is 9.80 Å². The third kappa shape index (κ3) is 16.2. The Hall–Kier alpha value is -4.54. The zero-order chi connectivity index (χ0) is 54.4. The summed E-state index contributed by atoms with van der Waals surface area (Å²) in [5.41, 5.74) is -0.355. The highest BCUT2D eigenvalue weighted by molar-refractivity contribution is 5.73. The molecule has 0 unspecified atom stereocenters. The minimum atomic E-state index is -1.53. The smallest absolute Gasteiger partial charge is 0.410 e. The van der Waals surface area contributed by atoms with Crippen LogP contribution in [0.2, 0.25) is 0 Å². The van der Waals surface area contributed by atoms with Gasteiger partial charge in [0.15, 0.2) is 18.7 Å². The zero-order valence-corrected chi connectivity index (χ0v) is 45.0. The van der Waals surface area contributed by atoms with E-state index in [9.17, 15) is 39.0 Å². The molecule has 5 rings (SSSR count). The highest BCUT2D eigenvalue weighted by atomic mass is 16.7. The Morgan fingerprint density at radius 3 is 2.19 bits per heavy atom. The molecule has 1 amide bonds. The maximum absolute atomic E-state index is 14.0. The van der Waals surface area contributed by atoms with E-state index in [1.54, 1.807) is 77.6 Å². The minimum Gasteiger partial charge on any atom is -0.462 e. The van der Waals surface area contributed by atoms with E-state index in [1.165, 1.54) is 19.6 Å². The summed E-state index contributed by atoms with van der Waals surface area (Å²) in [6.07, 6.45) is -8.30. The van der Waals surface area contributed by atoms with Crippen molar-refractivity contribution in [2.24, 2.45) is 11.8 Å². The summed E-state index contributed by atoms with van der Waals surface area (Å²) in [5.74, 6) is -3.87. The molecule has 416 valence electrons. The summed E-state index contributed by atoms with van der Waals surface area (Å²) >= 11 is 0. The molecule has 0 aliphatic carbocycles. The molecule has 0 spiro atoms. The molecule has 0 bridgehead atoms. The molecule has 18 atom stereocenters. The molecule has 4 aliphatic rings. The van der Waals surface area contributed by atoms with Crippen LogP contribution in [0.4, 0.5) is 4.79 Å². The Bertz CT molecular complexity index is 2020. The SMILES string of the molecule is CCC(=O)O[C@@H]1CC(=O)O[C@H](C)C[C@@H]2OC(=O)N(CCCCc3ccccc3)[C@@H]2/C=C/[C@H](OC(C)=O)[C@H](C)C[C@H](CC=O)[C@H](O[C@@H]2O[C@H](C)[C@@H](O[C@H]3C[C@@](C)(O)[C@@H](OC(=O)CC)[C@H](C)O3)[C@H](N(C)C)[C@H]2O)[C@H]1OC. The summed E-state index contributed by atoms with van der Waals surface area (Å²) in [5, 5.41) is 23.8. The number of amides is 1. The number of hydrogen-bond donors (Lipinski definition) is 2. The van der Waals surface area contributed by atoms with Gasteiger partial charge in [-0.2, -0.15) is 0 Å². The van der Waals surface area contributed by atoms with Gasteiger partial charge in [0.25, 0.3) is 0 Å². The first-order valence-electron chi connectivity index (χ1n) is 26.2. The Balaban J connectivity index is 1.49. The molecule has 20 heteroatoms. The fraction of sp³-hybridized carbons (Fsp3) is 0.741. The number of carbonyl (C=O) groups excluding carboxylic acids is 6. The van der Waals surface area contributed by atoms with Gasteiger partial charge in [0, 0.05) is 52.7 Å². The fourth-order valence-electron chi connectivity index (χ4n) is 10.7. The van der Waals surface area contributed by atoms with Crippen LogP contribution in [0.25, 0.3) is 0 Å². The lowest BCUT2D eigenvalue weighted by molar-refractivity contribution is -0.344. The number of aliphatic hydroxyl groups is 2. The molecule has 0 radical (unpaired) electrons. The van der Waals surface area contributed by atoms with Gasteiger partial charge in [-0.15, -0.1) is 0 Å². The molecular weight excluding hydrogens is 965 g/mol. The van der Waals surface area contributed by atoms with Gasteiger partial charge in [-0.05, 0) is 90.9 Å². The predicted molar refractivity (Wildman–Crippen MR) is 266 cm³/mol. The summed E-state index contributed by atoms with van der Waals surface area (Å²) in [6.45, 7) is 13.3. The number of ether oxygens (including phenoxy) is 10. The number of likely N-dealkylation sites (N-methyl/N-ethyl adjacent to an activating group) is 1. The van der Waals surface area contributed by atoms with E-state index in [0.29, 0.717) is 19.3 Å². The molecule has 3 saturated heterocycles. The molecule has 1 aromatic carbocycles. The van der Waals surface area contributed by atoms with Crippen LogP contribution in [0.5, 0.6) is 0 Å². The van der Waals surface area contributed by atoms with Crippen LogP contribution in [0.3, 0.4) is 0 Å². The predicted octanol–water partition coefficient (Wildman–Crippen LogP) is 4.99. The molecule has 1 aromatic rings. The second-order valence-corrected chi connectivity index (χ2v) is 20.7. The number of carbonyl (C=O) groups is 6. The monoisotopic (exact) mass is 1050 g/mol. The average molecular weight is 1050 g/mol. The second-order valence-electron chi connectivity index (χ2n) is 20.7. The third-order valence-electron chi connectivity index (χ3n) is 14.4. The van der Waals surface area contributed by atoms with Crippen molar-refractivity contribution in [2.45, 2.75) is 217 Å². The number of nitrogens with zero attached hydrogens (tertiary/aromatic N) is 2. The lowest BCUT2D eigenvalue weighted by Gasteiger charge is -2.50.